The molecule has 2 N–H and O–H groups in total. The summed E-state index contributed by atoms with van der Waals surface area (Å²) in [5.41, 5.74) is 0. The first-order valence-electron chi connectivity index (χ1n) is 7.33. The van der Waals surface area contributed by atoms with Crippen LogP contribution in [0.3, 0.4) is 0 Å². The van der Waals surface area contributed by atoms with Crippen LogP contribution in [0.1, 0.15) is 26.7 Å². The summed E-state index contributed by atoms with van der Waals surface area (Å²) in [6, 6.07) is 6.50. The minimum atomic E-state index is -3.42. The molecule has 21 heavy (non-hydrogen) atoms. The molecule has 0 radical (unpaired) electrons. The van der Waals surface area contributed by atoms with Gasteiger partial charge in [0.1, 0.15) is 12.4 Å². The third-order valence-electron chi connectivity index (χ3n) is 3.01. The van der Waals surface area contributed by atoms with Gasteiger partial charge in [0.2, 0.25) is 10.0 Å². The minimum absolute atomic E-state index is 0.271. The monoisotopic (exact) mass is 314 g/mol. The van der Waals surface area contributed by atoms with Crippen molar-refractivity contribution in [3.05, 3.63) is 24.3 Å². The predicted octanol–water partition coefficient (Wildman–Crippen LogP) is 2.00. The second-order valence-corrected chi connectivity index (χ2v) is 7.12. The number of hydrogen-bond acceptors (Lipinski definition) is 4. The van der Waals surface area contributed by atoms with Gasteiger partial charge < -0.3 is 10.1 Å². The van der Waals surface area contributed by atoms with Crippen molar-refractivity contribution in [2.24, 2.45) is 5.92 Å². The van der Waals surface area contributed by atoms with E-state index in [1.165, 1.54) is 0 Å². The predicted molar refractivity (Wildman–Crippen MR) is 85.1 cm³/mol. The zero-order valence-corrected chi connectivity index (χ0v) is 13.9. The molecule has 1 rings (SSSR count). The maximum absolute atomic E-state index is 12.1. The van der Waals surface area contributed by atoms with Crippen LogP contribution in [0.15, 0.2) is 29.2 Å². The summed E-state index contributed by atoms with van der Waals surface area (Å²) in [4.78, 5) is 0.271. The van der Waals surface area contributed by atoms with Gasteiger partial charge in [0.05, 0.1) is 4.90 Å². The fourth-order valence-electron chi connectivity index (χ4n) is 1.79. The molecule has 0 aliphatic carbocycles. The third-order valence-corrected chi connectivity index (χ3v) is 4.48. The van der Waals surface area contributed by atoms with Crippen molar-refractivity contribution in [1.29, 1.82) is 0 Å². The summed E-state index contributed by atoms with van der Waals surface area (Å²) in [6.07, 6.45) is 1.86. The normalized spacial score (nSPS) is 11.8. The van der Waals surface area contributed by atoms with Crippen LogP contribution in [-0.2, 0) is 10.0 Å². The van der Waals surface area contributed by atoms with Crippen molar-refractivity contribution < 1.29 is 13.2 Å². The first-order valence-corrected chi connectivity index (χ1v) is 8.81. The van der Waals surface area contributed by atoms with E-state index in [1.54, 1.807) is 24.3 Å². The molecule has 0 aromatic heterocycles. The molecule has 1 aromatic carbocycles. The lowest BCUT2D eigenvalue weighted by Crippen LogP contribution is -2.25. The Morgan fingerprint density at radius 1 is 1.14 bits per heavy atom. The van der Waals surface area contributed by atoms with E-state index in [9.17, 15) is 8.42 Å². The Morgan fingerprint density at radius 3 is 2.38 bits per heavy atom. The Kier molecular flexibility index (Phi) is 7.71. The highest BCUT2D eigenvalue weighted by molar-refractivity contribution is 7.89. The SMILES string of the molecule is CNCCOc1ccc(S(=O)(=O)NCCCC(C)C)cc1. The molecule has 0 bridgehead atoms. The highest BCUT2D eigenvalue weighted by Crippen LogP contribution is 2.16. The molecule has 0 heterocycles. The molecule has 0 aliphatic rings. The third kappa shape index (κ3) is 6.93. The quantitative estimate of drug-likeness (QED) is 0.648. The van der Waals surface area contributed by atoms with E-state index in [0.29, 0.717) is 24.8 Å². The zero-order valence-electron chi connectivity index (χ0n) is 13.1. The lowest BCUT2D eigenvalue weighted by molar-refractivity contribution is 0.318. The lowest BCUT2D eigenvalue weighted by Gasteiger charge is -2.09. The molecule has 0 unspecified atom stereocenters. The number of sulfonamides is 1. The van der Waals surface area contributed by atoms with Gasteiger partial charge in [-0.25, -0.2) is 13.1 Å². The van der Waals surface area contributed by atoms with Crippen molar-refractivity contribution in [2.45, 2.75) is 31.6 Å². The average molecular weight is 314 g/mol. The van der Waals surface area contributed by atoms with Gasteiger partial charge in [-0.3, -0.25) is 0 Å². The smallest absolute Gasteiger partial charge is 0.240 e. The molecule has 1 aromatic rings. The first-order chi connectivity index (χ1) is 9.95. The Morgan fingerprint density at radius 2 is 1.81 bits per heavy atom. The number of hydrogen-bond donors (Lipinski definition) is 2. The average Bonchev–Trinajstić information content (AvgIpc) is 2.44. The number of ether oxygens (including phenoxy) is 1. The summed E-state index contributed by atoms with van der Waals surface area (Å²) < 4.78 is 32.3. The van der Waals surface area contributed by atoms with Crippen LogP contribution in [0.25, 0.3) is 0 Å². The van der Waals surface area contributed by atoms with Crippen LogP contribution in [0.2, 0.25) is 0 Å². The Labute approximate surface area is 128 Å². The standard InChI is InChI=1S/C15H26N2O3S/c1-13(2)5-4-10-17-21(18,19)15-8-6-14(7-9-15)20-12-11-16-3/h6-9,13,16-17H,4-5,10-12H2,1-3H3. The number of nitrogens with one attached hydrogen (secondary N) is 2. The van der Waals surface area contributed by atoms with E-state index >= 15 is 0 Å². The van der Waals surface area contributed by atoms with Gasteiger partial charge in [-0.2, -0.15) is 0 Å². The van der Waals surface area contributed by atoms with Crippen LogP contribution < -0.4 is 14.8 Å². The maximum atomic E-state index is 12.1. The summed E-state index contributed by atoms with van der Waals surface area (Å²) in [6.45, 7) is 6.02. The van der Waals surface area contributed by atoms with Gasteiger partial charge in [0.15, 0.2) is 0 Å². The fraction of sp³-hybridized carbons (Fsp3) is 0.600. The molecule has 0 aliphatic heterocycles. The van der Waals surface area contributed by atoms with Gasteiger partial charge in [0, 0.05) is 13.1 Å². The molecule has 120 valence electrons. The lowest BCUT2D eigenvalue weighted by atomic mass is 10.1. The fourth-order valence-corrected chi connectivity index (χ4v) is 2.86. The van der Waals surface area contributed by atoms with Crippen LogP contribution in [0.4, 0.5) is 0 Å². The molecule has 0 saturated heterocycles. The van der Waals surface area contributed by atoms with E-state index < -0.39 is 10.0 Å². The van der Waals surface area contributed by atoms with Gasteiger partial charge in [-0.05, 0) is 50.1 Å². The highest BCUT2D eigenvalue weighted by Gasteiger charge is 2.13. The van der Waals surface area contributed by atoms with E-state index in [-0.39, 0.29) is 4.90 Å². The molecule has 0 saturated carbocycles. The molecule has 0 fully saturated rings. The Hall–Kier alpha value is -1.11. The molecule has 0 atom stereocenters. The largest absolute Gasteiger partial charge is 0.492 e. The molecule has 5 nitrogen and oxygen atoms in total. The molecule has 0 spiro atoms. The highest BCUT2D eigenvalue weighted by atomic mass is 32.2. The first kappa shape index (κ1) is 17.9. The second kappa shape index (κ2) is 9.02. The van der Waals surface area contributed by atoms with E-state index in [1.807, 2.05) is 7.05 Å². The number of rotatable bonds is 10. The van der Waals surface area contributed by atoms with Crippen LogP contribution in [-0.4, -0.2) is 35.2 Å². The van der Waals surface area contributed by atoms with Gasteiger partial charge in [0.25, 0.3) is 0 Å². The van der Waals surface area contributed by atoms with Crippen molar-refractivity contribution >= 4 is 10.0 Å². The molecule has 6 heteroatoms. The van der Waals surface area contributed by atoms with Crippen LogP contribution in [0.5, 0.6) is 5.75 Å². The van der Waals surface area contributed by atoms with Crippen molar-refractivity contribution in [1.82, 2.24) is 10.0 Å². The molecular formula is C15H26N2O3S. The van der Waals surface area contributed by atoms with Crippen LogP contribution in [0, 0.1) is 5.92 Å². The van der Waals surface area contributed by atoms with Gasteiger partial charge >= 0.3 is 0 Å². The summed E-state index contributed by atoms with van der Waals surface area (Å²) in [5, 5.41) is 2.98. The Balaban J connectivity index is 2.50. The minimum Gasteiger partial charge on any atom is -0.492 e. The van der Waals surface area contributed by atoms with Crippen molar-refractivity contribution in [2.75, 3.05) is 26.7 Å². The molecular weight excluding hydrogens is 288 g/mol. The van der Waals surface area contributed by atoms with Crippen LogP contribution >= 0.6 is 0 Å². The zero-order chi connectivity index (χ0) is 15.7. The number of benzene rings is 1. The van der Waals surface area contributed by atoms with Gasteiger partial charge in [-0.15, -0.1) is 0 Å². The molecule has 0 amide bonds. The Bertz CT molecular complexity index is 498. The van der Waals surface area contributed by atoms with Crippen molar-refractivity contribution in [3.8, 4) is 5.75 Å². The maximum Gasteiger partial charge on any atom is 0.240 e. The number of likely N-dealkylation sites (N-methyl/N-ethyl adjacent to an activating group) is 1. The summed E-state index contributed by atoms with van der Waals surface area (Å²) >= 11 is 0. The van der Waals surface area contributed by atoms with Gasteiger partial charge in [-0.1, -0.05) is 13.8 Å². The van der Waals surface area contributed by atoms with E-state index in [4.69, 9.17) is 4.74 Å². The van der Waals surface area contributed by atoms with E-state index in [2.05, 4.69) is 23.9 Å². The van der Waals surface area contributed by atoms with Crippen molar-refractivity contribution in [3.63, 3.8) is 0 Å². The summed E-state index contributed by atoms with van der Waals surface area (Å²) in [5.74, 6) is 1.26. The second-order valence-electron chi connectivity index (χ2n) is 5.36. The van der Waals surface area contributed by atoms with E-state index in [0.717, 1.165) is 19.4 Å². The summed E-state index contributed by atoms with van der Waals surface area (Å²) in [7, 11) is -1.57. The topological polar surface area (TPSA) is 67.4 Å².